The molecule has 1 rings (SSSR count). The van der Waals surface area contributed by atoms with E-state index < -0.39 is 0 Å². The lowest BCUT2D eigenvalue weighted by molar-refractivity contribution is -0.00263. The first kappa shape index (κ1) is 7.03. The number of hydrogen-bond donors (Lipinski definition) is 1. The molecule has 2 N–H and O–H groups in total. The van der Waals surface area contributed by atoms with E-state index in [1.165, 1.54) is 0 Å². The monoisotopic (exact) mass is 129 g/mol. The molecule has 0 spiro atoms. The molecule has 2 unspecified atom stereocenters. The number of hydrogen-bond acceptors (Lipinski definition) is 2. The van der Waals surface area contributed by atoms with Crippen molar-refractivity contribution in [2.24, 2.45) is 5.73 Å². The van der Waals surface area contributed by atoms with Crippen LogP contribution >= 0.6 is 0 Å². The molecule has 0 aliphatic carbocycles. The molecular formula is C7H15NO. The fraction of sp³-hybridized carbons (Fsp3) is 1.00. The summed E-state index contributed by atoms with van der Waals surface area (Å²) in [5, 5.41) is 0. The molecule has 54 valence electrons. The van der Waals surface area contributed by atoms with Gasteiger partial charge < -0.3 is 10.5 Å². The highest BCUT2D eigenvalue weighted by Crippen LogP contribution is 2.20. The summed E-state index contributed by atoms with van der Waals surface area (Å²) in [5.74, 6) is 0. The largest absolute Gasteiger partial charge is 0.378 e. The van der Waals surface area contributed by atoms with Gasteiger partial charge in [-0.1, -0.05) is 0 Å². The van der Waals surface area contributed by atoms with Gasteiger partial charge in [0.25, 0.3) is 0 Å². The summed E-state index contributed by atoms with van der Waals surface area (Å²) in [6.45, 7) is 4.99. The van der Waals surface area contributed by atoms with Gasteiger partial charge in [-0.3, -0.25) is 0 Å². The Labute approximate surface area is 56.4 Å². The van der Waals surface area contributed by atoms with Crippen molar-refractivity contribution in [2.45, 2.75) is 38.3 Å². The van der Waals surface area contributed by atoms with Crippen LogP contribution in [0.3, 0.4) is 0 Å². The molecule has 1 heterocycles. The average molecular weight is 129 g/mol. The Bertz CT molecular complexity index is 101. The van der Waals surface area contributed by atoms with Crippen LogP contribution in [0.15, 0.2) is 0 Å². The normalized spacial score (nSPS) is 45.0. The third-order valence-electron chi connectivity index (χ3n) is 1.83. The lowest BCUT2D eigenvalue weighted by Gasteiger charge is -2.33. The van der Waals surface area contributed by atoms with Crippen LogP contribution in [0.4, 0.5) is 0 Å². The van der Waals surface area contributed by atoms with Crippen LogP contribution < -0.4 is 5.73 Å². The summed E-state index contributed by atoms with van der Waals surface area (Å²) in [6, 6.07) is 0. The van der Waals surface area contributed by atoms with Crippen molar-refractivity contribution in [2.75, 3.05) is 6.61 Å². The molecule has 1 aliphatic heterocycles. The standard InChI is InChI=1S/C7H15NO/c1-6-5-7(2,8)3-4-9-6/h6H,3-5,8H2,1-2H3. The summed E-state index contributed by atoms with van der Waals surface area (Å²) < 4.78 is 5.33. The molecule has 0 bridgehead atoms. The molecule has 0 radical (unpaired) electrons. The van der Waals surface area contributed by atoms with Crippen molar-refractivity contribution >= 4 is 0 Å². The Balaban J connectivity index is 2.41. The maximum Gasteiger partial charge on any atom is 0.0564 e. The van der Waals surface area contributed by atoms with Crippen LogP contribution in [0.1, 0.15) is 26.7 Å². The van der Waals surface area contributed by atoms with Crippen LogP contribution in [-0.2, 0) is 4.74 Å². The average Bonchev–Trinajstić information content (AvgIpc) is 1.60. The quantitative estimate of drug-likeness (QED) is 0.527. The van der Waals surface area contributed by atoms with E-state index in [1.807, 2.05) is 0 Å². The van der Waals surface area contributed by atoms with Gasteiger partial charge in [0.2, 0.25) is 0 Å². The summed E-state index contributed by atoms with van der Waals surface area (Å²) in [7, 11) is 0. The molecule has 2 heteroatoms. The molecule has 0 amide bonds. The molecule has 0 aromatic heterocycles. The zero-order chi connectivity index (χ0) is 6.91. The number of ether oxygens (including phenoxy) is 1. The van der Waals surface area contributed by atoms with Gasteiger partial charge in [0.15, 0.2) is 0 Å². The van der Waals surface area contributed by atoms with Crippen LogP contribution in [0.5, 0.6) is 0 Å². The Hall–Kier alpha value is -0.0800. The maximum absolute atomic E-state index is 5.89. The van der Waals surface area contributed by atoms with Crippen LogP contribution in [0.2, 0.25) is 0 Å². The van der Waals surface area contributed by atoms with E-state index in [-0.39, 0.29) is 5.54 Å². The van der Waals surface area contributed by atoms with Crippen molar-refractivity contribution in [3.63, 3.8) is 0 Å². The third kappa shape index (κ3) is 1.95. The van der Waals surface area contributed by atoms with Crippen molar-refractivity contribution < 1.29 is 4.74 Å². The lowest BCUT2D eigenvalue weighted by atomic mass is 9.91. The molecule has 0 aromatic rings. The molecule has 9 heavy (non-hydrogen) atoms. The molecule has 2 nitrogen and oxygen atoms in total. The second kappa shape index (κ2) is 2.27. The van der Waals surface area contributed by atoms with Gasteiger partial charge in [0.1, 0.15) is 0 Å². The summed E-state index contributed by atoms with van der Waals surface area (Å²) in [4.78, 5) is 0. The first-order valence-corrected chi connectivity index (χ1v) is 3.51. The van der Waals surface area contributed by atoms with Crippen molar-refractivity contribution in [1.82, 2.24) is 0 Å². The smallest absolute Gasteiger partial charge is 0.0564 e. The second-order valence-electron chi connectivity index (χ2n) is 3.29. The Kier molecular flexibility index (Phi) is 1.78. The molecule has 2 atom stereocenters. The highest BCUT2D eigenvalue weighted by Gasteiger charge is 2.26. The molecule has 0 aromatic carbocycles. The van der Waals surface area contributed by atoms with Crippen molar-refractivity contribution in [1.29, 1.82) is 0 Å². The minimum Gasteiger partial charge on any atom is -0.378 e. The predicted molar refractivity (Wildman–Crippen MR) is 37.2 cm³/mol. The number of rotatable bonds is 0. The zero-order valence-corrected chi connectivity index (χ0v) is 6.18. The maximum atomic E-state index is 5.89. The first-order chi connectivity index (χ1) is 4.10. The lowest BCUT2D eigenvalue weighted by Crippen LogP contribution is -2.44. The van der Waals surface area contributed by atoms with Gasteiger partial charge in [-0.15, -0.1) is 0 Å². The van der Waals surface area contributed by atoms with Gasteiger partial charge in [0.05, 0.1) is 6.10 Å². The molecule has 1 saturated heterocycles. The van der Waals surface area contributed by atoms with E-state index in [0.717, 1.165) is 19.4 Å². The molecule has 1 aliphatic rings. The minimum atomic E-state index is 0.0255. The molecule has 0 saturated carbocycles. The summed E-state index contributed by atoms with van der Waals surface area (Å²) in [6.07, 6.45) is 2.35. The van der Waals surface area contributed by atoms with E-state index in [4.69, 9.17) is 10.5 Å². The summed E-state index contributed by atoms with van der Waals surface area (Å²) in [5.41, 5.74) is 5.91. The van der Waals surface area contributed by atoms with Gasteiger partial charge >= 0.3 is 0 Å². The van der Waals surface area contributed by atoms with Crippen molar-refractivity contribution in [3.8, 4) is 0 Å². The van der Waals surface area contributed by atoms with E-state index in [2.05, 4.69) is 13.8 Å². The number of nitrogens with two attached hydrogens (primary N) is 1. The van der Waals surface area contributed by atoms with E-state index in [1.54, 1.807) is 0 Å². The fourth-order valence-corrected chi connectivity index (χ4v) is 1.31. The zero-order valence-electron chi connectivity index (χ0n) is 6.18. The molecular weight excluding hydrogens is 114 g/mol. The highest BCUT2D eigenvalue weighted by atomic mass is 16.5. The SMILES string of the molecule is CC1CC(C)(N)CCO1. The van der Waals surface area contributed by atoms with E-state index in [0.29, 0.717) is 6.10 Å². The predicted octanol–water partition coefficient (Wildman–Crippen LogP) is 0.903. The molecule has 1 fully saturated rings. The topological polar surface area (TPSA) is 35.2 Å². The van der Waals surface area contributed by atoms with Gasteiger partial charge in [0, 0.05) is 12.1 Å². The summed E-state index contributed by atoms with van der Waals surface area (Å²) >= 11 is 0. The van der Waals surface area contributed by atoms with Gasteiger partial charge in [-0.25, -0.2) is 0 Å². The Morgan fingerprint density at radius 3 is 2.67 bits per heavy atom. The third-order valence-corrected chi connectivity index (χ3v) is 1.83. The van der Waals surface area contributed by atoms with Crippen LogP contribution in [0, 0.1) is 0 Å². The fourth-order valence-electron chi connectivity index (χ4n) is 1.31. The first-order valence-electron chi connectivity index (χ1n) is 3.51. The van der Waals surface area contributed by atoms with E-state index in [9.17, 15) is 0 Å². The Morgan fingerprint density at radius 2 is 2.33 bits per heavy atom. The van der Waals surface area contributed by atoms with E-state index >= 15 is 0 Å². The van der Waals surface area contributed by atoms with Gasteiger partial charge in [-0.05, 0) is 26.7 Å². The van der Waals surface area contributed by atoms with Crippen LogP contribution in [0.25, 0.3) is 0 Å². The minimum absolute atomic E-state index is 0.0255. The van der Waals surface area contributed by atoms with Crippen LogP contribution in [-0.4, -0.2) is 18.2 Å². The second-order valence-corrected chi connectivity index (χ2v) is 3.29. The van der Waals surface area contributed by atoms with Crippen molar-refractivity contribution in [3.05, 3.63) is 0 Å². The highest BCUT2D eigenvalue weighted by molar-refractivity contribution is 4.83. The van der Waals surface area contributed by atoms with Gasteiger partial charge in [-0.2, -0.15) is 0 Å². The Morgan fingerprint density at radius 1 is 1.67 bits per heavy atom.